The fraction of sp³-hybridized carbons (Fsp3) is 0.417. The van der Waals surface area contributed by atoms with Gasteiger partial charge in [0.1, 0.15) is 6.61 Å². The minimum Gasteiger partial charge on any atom is -0.475 e. The molecule has 2 rings (SSSR count). The maximum atomic E-state index is 10.8. The first-order valence-corrected chi connectivity index (χ1v) is 6.71. The van der Waals surface area contributed by atoms with Crippen LogP contribution < -0.4 is 0 Å². The number of nitro groups is 1. The molecule has 1 aromatic rings. The van der Waals surface area contributed by atoms with E-state index < -0.39 is 0 Å². The molecule has 0 aliphatic carbocycles. The second-order valence-electron chi connectivity index (χ2n) is 4.66. The standard InChI is InChI=1S/C12H14N2O3S/c1-12(2)7-17-11(13-12)8-4-5-9(14(15)16)10(6-8)18-3/h4-6H,7H2,1-3H3. The molecule has 0 bridgehead atoms. The highest BCUT2D eigenvalue weighted by molar-refractivity contribution is 7.98. The Balaban J connectivity index is 2.40. The first kappa shape index (κ1) is 12.9. The van der Waals surface area contributed by atoms with E-state index in [4.69, 9.17) is 4.74 Å². The van der Waals surface area contributed by atoms with Gasteiger partial charge in [-0.3, -0.25) is 10.1 Å². The van der Waals surface area contributed by atoms with Gasteiger partial charge in [-0.2, -0.15) is 0 Å². The molecule has 0 amide bonds. The lowest BCUT2D eigenvalue weighted by molar-refractivity contribution is -0.387. The molecule has 5 nitrogen and oxygen atoms in total. The van der Waals surface area contributed by atoms with Crippen molar-refractivity contribution >= 4 is 23.3 Å². The Kier molecular flexibility index (Phi) is 3.30. The van der Waals surface area contributed by atoms with Crippen LogP contribution in [0.4, 0.5) is 5.69 Å². The predicted molar refractivity (Wildman–Crippen MR) is 71.4 cm³/mol. The van der Waals surface area contributed by atoms with Crippen LogP contribution >= 0.6 is 11.8 Å². The van der Waals surface area contributed by atoms with Crippen molar-refractivity contribution in [2.24, 2.45) is 4.99 Å². The first-order valence-electron chi connectivity index (χ1n) is 5.48. The third-order valence-electron chi connectivity index (χ3n) is 2.59. The SMILES string of the molecule is CSc1cc(C2=NC(C)(C)CO2)ccc1[N+](=O)[O-]. The van der Waals surface area contributed by atoms with E-state index in [9.17, 15) is 10.1 Å². The van der Waals surface area contributed by atoms with Crippen LogP contribution in [0.25, 0.3) is 0 Å². The van der Waals surface area contributed by atoms with Crippen molar-refractivity contribution in [3.8, 4) is 0 Å². The zero-order valence-corrected chi connectivity index (χ0v) is 11.3. The summed E-state index contributed by atoms with van der Waals surface area (Å²) in [6, 6.07) is 4.93. The molecular weight excluding hydrogens is 252 g/mol. The minimum absolute atomic E-state index is 0.115. The minimum atomic E-state index is -0.378. The molecule has 1 aliphatic rings. The van der Waals surface area contributed by atoms with Crippen LogP contribution in [-0.4, -0.2) is 29.2 Å². The summed E-state index contributed by atoms with van der Waals surface area (Å²) in [5, 5.41) is 10.8. The molecule has 0 saturated heterocycles. The van der Waals surface area contributed by atoms with Crippen molar-refractivity contribution in [2.75, 3.05) is 12.9 Å². The van der Waals surface area contributed by atoms with Gasteiger partial charge in [-0.15, -0.1) is 11.8 Å². The van der Waals surface area contributed by atoms with Crippen molar-refractivity contribution in [2.45, 2.75) is 24.3 Å². The molecular formula is C12H14N2O3S. The average Bonchev–Trinajstić information content (AvgIpc) is 2.68. The number of aliphatic imine (C=N–C) groups is 1. The Labute approximate surface area is 109 Å². The lowest BCUT2D eigenvalue weighted by Gasteiger charge is -2.07. The Hall–Kier alpha value is -1.56. The van der Waals surface area contributed by atoms with Gasteiger partial charge in [0.25, 0.3) is 5.69 Å². The Morgan fingerprint density at radius 2 is 2.22 bits per heavy atom. The van der Waals surface area contributed by atoms with Crippen molar-refractivity contribution in [3.63, 3.8) is 0 Å². The summed E-state index contributed by atoms with van der Waals surface area (Å²) in [6.45, 7) is 4.51. The van der Waals surface area contributed by atoms with Crippen molar-refractivity contribution in [1.29, 1.82) is 0 Å². The highest BCUT2D eigenvalue weighted by Gasteiger charge is 2.27. The van der Waals surface area contributed by atoms with Crippen LogP contribution in [0.1, 0.15) is 19.4 Å². The number of rotatable bonds is 3. The molecule has 1 aliphatic heterocycles. The number of thioether (sulfide) groups is 1. The van der Waals surface area contributed by atoms with Gasteiger partial charge in [0.2, 0.25) is 5.90 Å². The fourth-order valence-corrected chi connectivity index (χ4v) is 2.29. The summed E-state index contributed by atoms with van der Waals surface area (Å²) in [4.78, 5) is 15.5. The molecule has 96 valence electrons. The van der Waals surface area contributed by atoms with E-state index in [0.717, 1.165) is 5.56 Å². The molecule has 0 unspecified atom stereocenters. The zero-order chi connectivity index (χ0) is 13.3. The van der Waals surface area contributed by atoms with E-state index in [-0.39, 0.29) is 16.1 Å². The van der Waals surface area contributed by atoms with Gasteiger partial charge in [0.05, 0.1) is 15.4 Å². The van der Waals surface area contributed by atoms with E-state index >= 15 is 0 Å². The van der Waals surface area contributed by atoms with E-state index in [1.54, 1.807) is 12.1 Å². The van der Waals surface area contributed by atoms with E-state index in [2.05, 4.69) is 4.99 Å². The van der Waals surface area contributed by atoms with Gasteiger partial charge >= 0.3 is 0 Å². The van der Waals surface area contributed by atoms with Crippen LogP contribution in [0.3, 0.4) is 0 Å². The first-order chi connectivity index (χ1) is 8.43. The quantitative estimate of drug-likeness (QED) is 0.479. The maximum Gasteiger partial charge on any atom is 0.282 e. The van der Waals surface area contributed by atoms with Crippen LogP contribution in [-0.2, 0) is 4.74 Å². The molecule has 6 heteroatoms. The second kappa shape index (κ2) is 4.61. The Morgan fingerprint density at radius 1 is 1.50 bits per heavy atom. The van der Waals surface area contributed by atoms with E-state index in [0.29, 0.717) is 17.4 Å². The third kappa shape index (κ3) is 2.48. The molecule has 0 atom stereocenters. The summed E-state index contributed by atoms with van der Waals surface area (Å²) in [6.07, 6.45) is 1.81. The second-order valence-corrected chi connectivity index (χ2v) is 5.51. The average molecular weight is 266 g/mol. The number of benzene rings is 1. The van der Waals surface area contributed by atoms with Gasteiger partial charge in [0, 0.05) is 11.6 Å². The normalized spacial score (nSPS) is 17.2. The molecule has 1 aromatic carbocycles. The number of hydrogen-bond donors (Lipinski definition) is 0. The molecule has 0 spiro atoms. The highest BCUT2D eigenvalue weighted by atomic mass is 32.2. The van der Waals surface area contributed by atoms with E-state index in [1.165, 1.54) is 17.8 Å². The van der Waals surface area contributed by atoms with Crippen molar-refractivity contribution in [1.82, 2.24) is 0 Å². The molecule has 18 heavy (non-hydrogen) atoms. The van der Waals surface area contributed by atoms with E-state index in [1.807, 2.05) is 20.1 Å². The third-order valence-corrected chi connectivity index (χ3v) is 3.36. The molecule has 0 saturated carbocycles. The molecule has 0 fully saturated rings. The zero-order valence-electron chi connectivity index (χ0n) is 10.5. The number of nitro benzene ring substituents is 1. The number of nitrogens with zero attached hydrogens (tertiary/aromatic N) is 2. The van der Waals surface area contributed by atoms with Gasteiger partial charge in [-0.1, -0.05) is 0 Å². The molecule has 0 radical (unpaired) electrons. The maximum absolute atomic E-state index is 10.8. The monoisotopic (exact) mass is 266 g/mol. The lowest BCUT2D eigenvalue weighted by atomic mass is 10.1. The van der Waals surface area contributed by atoms with Crippen molar-refractivity contribution < 1.29 is 9.66 Å². The van der Waals surface area contributed by atoms with Gasteiger partial charge < -0.3 is 4.74 Å². The number of ether oxygens (including phenoxy) is 1. The number of hydrogen-bond acceptors (Lipinski definition) is 5. The van der Waals surface area contributed by atoms with Crippen LogP contribution in [0.2, 0.25) is 0 Å². The van der Waals surface area contributed by atoms with Crippen LogP contribution in [0.15, 0.2) is 28.1 Å². The van der Waals surface area contributed by atoms with Gasteiger partial charge in [-0.25, -0.2) is 4.99 Å². The molecule has 1 heterocycles. The van der Waals surface area contributed by atoms with Crippen LogP contribution in [0.5, 0.6) is 0 Å². The topological polar surface area (TPSA) is 64.7 Å². The summed E-state index contributed by atoms with van der Waals surface area (Å²) >= 11 is 1.34. The fourth-order valence-electron chi connectivity index (χ4n) is 1.69. The smallest absolute Gasteiger partial charge is 0.282 e. The lowest BCUT2D eigenvalue weighted by Crippen LogP contribution is -2.17. The molecule has 0 aromatic heterocycles. The molecule has 0 N–H and O–H groups in total. The highest BCUT2D eigenvalue weighted by Crippen LogP contribution is 2.30. The Morgan fingerprint density at radius 3 is 2.72 bits per heavy atom. The Bertz CT molecular complexity index is 526. The van der Waals surface area contributed by atoms with Crippen molar-refractivity contribution in [3.05, 3.63) is 33.9 Å². The summed E-state index contributed by atoms with van der Waals surface area (Å²) in [5.41, 5.74) is 0.677. The van der Waals surface area contributed by atoms with Gasteiger partial charge in [0.15, 0.2) is 0 Å². The van der Waals surface area contributed by atoms with Gasteiger partial charge in [-0.05, 0) is 32.2 Å². The summed E-state index contributed by atoms with van der Waals surface area (Å²) in [7, 11) is 0. The van der Waals surface area contributed by atoms with Crippen LogP contribution in [0, 0.1) is 10.1 Å². The predicted octanol–water partition coefficient (Wildman–Crippen LogP) is 2.87. The summed E-state index contributed by atoms with van der Waals surface area (Å²) in [5.74, 6) is 0.560. The summed E-state index contributed by atoms with van der Waals surface area (Å²) < 4.78 is 5.52. The largest absolute Gasteiger partial charge is 0.475 e.